The summed E-state index contributed by atoms with van der Waals surface area (Å²) in [4.78, 5) is 14.6. The third kappa shape index (κ3) is 2.95. The Morgan fingerprint density at radius 2 is 1.75 bits per heavy atom. The Hall–Kier alpha value is -0.770. The molecule has 1 aliphatic heterocycles. The molecule has 0 bridgehead atoms. The normalized spacial score (nSPS) is 31.2. The van der Waals surface area contributed by atoms with E-state index in [0.29, 0.717) is 10.0 Å². The number of rotatable bonds is 3. The van der Waals surface area contributed by atoms with Gasteiger partial charge < -0.3 is 5.32 Å². The molecule has 1 aromatic rings. The molecule has 132 valence electrons. The molecule has 0 spiro atoms. The van der Waals surface area contributed by atoms with Crippen LogP contribution in [-0.2, 0) is 10.3 Å². The fourth-order valence-electron chi connectivity index (χ4n) is 4.90. The minimum atomic E-state index is -0.307. The lowest BCUT2D eigenvalue weighted by molar-refractivity contribution is -0.125. The van der Waals surface area contributed by atoms with E-state index in [4.69, 9.17) is 23.2 Å². The van der Waals surface area contributed by atoms with Crippen LogP contribution in [0.15, 0.2) is 18.2 Å². The van der Waals surface area contributed by atoms with Crippen molar-refractivity contribution in [3.05, 3.63) is 33.8 Å². The Kier molecular flexibility index (Phi) is 5.15. The summed E-state index contributed by atoms with van der Waals surface area (Å²) in [6, 6.07) is 5.99. The fraction of sp³-hybridized carbons (Fsp3) is 0.632. The monoisotopic (exact) mass is 368 g/mol. The Bertz CT molecular complexity index is 630. The number of nitrogens with zero attached hydrogens (tertiary/aromatic N) is 1. The molecule has 3 nitrogen and oxygen atoms in total. The van der Waals surface area contributed by atoms with Gasteiger partial charge in [-0.05, 0) is 63.4 Å². The maximum absolute atomic E-state index is 12.0. The van der Waals surface area contributed by atoms with E-state index >= 15 is 0 Å². The highest BCUT2D eigenvalue weighted by Crippen LogP contribution is 2.50. The van der Waals surface area contributed by atoms with Crippen LogP contribution in [0.5, 0.6) is 0 Å². The molecule has 1 saturated heterocycles. The molecule has 5 heteroatoms. The van der Waals surface area contributed by atoms with Gasteiger partial charge in [0.25, 0.3) is 0 Å². The van der Waals surface area contributed by atoms with Crippen molar-refractivity contribution in [3.63, 3.8) is 0 Å². The second kappa shape index (κ2) is 6.86. The molecule has 24 heavy (non-hydrogen) atoms. The summed E-state index contributed by atoms with van der Waals surface area (Å²) >= 11 is 12.5. The van der Waals surface area contributed by atoms with Gasteiger partial charge in [-0.2, -0.15) is 0 Å². The van der Waals surface area contributed by atoms with Crippen molar-refractivity contribution < 1.29 is 4.79 Å². The summed E-state index contributed by atoms with van der Waals surface area (Å²) in [7, 11) is 0. The molecule has 0 aromatic heterocycles. The van der Waals surface area contributed by atoms with Gasteiger partial charge in [-0.15, -0.1) is 0 Å². The average Bonchev–Trinajstić information content (AvgIpc) is 3.04. The maximum atomic E-state index is 12.0. The van der Waals surface area contributed by atoms with Crippen LogP contribution in [0, 0.1) is 0 Å². The lowest BCUT2D eigenvalue weighted by atomic mass is 9.63. The third-order valence-corrected chi connectivity index (χ3v) is 6.61. The minimum absolute atomic E-state index is 0.0306. The number of hydrogen-bond donors (Lipinski definition) is 1. The van der Waals surface area contributed by atoms with Gasteiger partial charge in [0.2, 0.25) is 5.91 Å². The molecule has 2 fully saturated rings. The predicted octanol–water partition coefficient (Wildman–Crippen LogP) is 4.75. The highest BCUT2D eigenvalue weighted by atomic mass is 35.5. The summed E-state index contributed by atoms with van der Waals surface area (Å²) in [6.07, 6.45) is 6.71. The first-order valence-corrected chi connectivity index (χ1v) is 9.64. The van der Waals surface area contributed by atoms with E-state index in [1.54, 1.807) is 6.92 Å². The Morgan fingerprint density at radius 1 is 1.08 bits per heavy atom. The predicted molar refractivity (Wildman–Crippen MR) is 99.6 cm³/mol. The molecule has 3 rings (SSSR count). The van der Waals surface area contributed by atoms with Crippen LogP contribution in [0.25, 0.3) is 0 Å². The van der Waals surface area contributed by atoms with Gasteiger partial charge in [0.05, 0.1) is 21.1 Å². The van der Waals surface area contributed by atoms with Crippen molar-refractivity contribution in [2.75, 3.05) is 13.1 Å². The van der Waals surface area contributed by atoms with E-state index in [1.165, 1.54) is 18.4 Å². The summed E-state index contributed by atoms with van der Waals surface area (Å²) in [5.74, 6) is 0.0306. The molecule has 2 atom stereocenters. The van der Waals surface area contributed by atoms with Crippen LogP contribution in [0.4, 0.5) is 0 Å². The molecule has 1 N–H and O–H groups in total. The first-order chi connectivity index (χ1) is 11.4. The largest absolute Gasteiger partial charge is 0.349 e. The van der Waals surface area contributed by atoms with Crippen molar-refractivity contribution in [1.82, 2.24) is 10.2 Å². The molecule has 1 amide bonds. The van der Waals surface area contributed by atoms with E-state index in [1.807, 2.05) is 12.1 Å². The highest BCUT2D eigenvalue weighted by Gasteiger charge is 2.55. The van der Waals surface area contributed by atoms with Gasteiger partial charge in [0.1, 0.15) is 0 Å². The van der Waals surface area contributed by atoms with Crippen molar-refractivity contribution in [3.8, 4) is 0 Å². The van der Waals surface area contributed by atoms with Crippen molar-refractivity contribution in [2.45, 2.75) is 63.5 Å². The molecule has 2 aliphatic rings. The molecule has 1 aromatic carbocycles. The van der Waals surface area contributed by atoms with Gasteiger partial charge in [0, 0.05) is 6.92 Å². The second-order valence-electron chi connectivity index (χ2n) is 7.40. The molecule has 1 saturated carbocycles. The number of amides is 1. The van der Waals surface area contributed by atoms with Crippen molar-refractivity contribution in [2.24, 2.45) is 0 Å². The molecule has 2 unspecified atom stereocenters. The quantitative estimate of drug-likeness (QED) is 0.834. The van der Waals surface area contributed by atoms with Gasteiger partial charge in [-0.3, -0.25) is 9.69 Å². The molecule has 1 heterocycles. The van der Waals surface area contributed by atoms with Crippen LogP contribution in [-0.4, -0.2) is 29.4 Å². The van der Waals surface area contributed by atoms with Gasteiger partial charge in [-0.25, -0.2) is 0 Å². The Balaban J connectivity index is 2.16. The lowest BCUT2D eigenvalue weighted by Gasteiger charge is -2.57. The number of hydrogen-bond acceptors (Lipinski definition) is 2. The molecular formula is C19H26Cl2N2O. The summed E-state index contributed by atoms with van der Waals surface area (Å²) in [6.45, 7) is 5.95. The molecular weight excluding hydrogens is 343 g/mol. The van der Waals surface area contributed by atoms with E-state index in [2.05, 4.69) is 23.2 Å². The number of halogens is 2. The number of carbonyl (C=O) groups is 1. The highest BCUT2D eigenvalue weighted by molar-refractivity contribution is 6.42. The smallest absolute Gasteiger partial charge is 0.217 e. The maximum Gasteiger partial charge on any atom is 0.217 e. The topological polar surface area (TPSA) is 32.3 Å². The van der Waals surface area contributed by atoms with Crippen LogP contribution in [0.1, 0.15) is 57.9 Å². The Labute approximate surface area is 154 Å². The third-order valence-electron chi connectivity index (χ3n) is 5.87. The SMILES string of the molecule is CC(=O)NC1(C)CCCCC1(c1ccc(Cl)c(Cl)c1)N1CCCC1. The van der Waals surface area contributed by atoms with Crippen LogP contribution < -0.4 is 5.32 Å². The minimum Gasteiger partial charge on any atom is -0.349 e. The first kappa shape index (κ1) is 18.0. The number of benzene rings is 1. The van der Waals surface area contributed by atoms with Crippen LogP contribution in [0.2, 0.25) is 10.0 Å². The lowest BCUT2D eigenvalue weighted by Crippen LogP contribution is -2.68. The standard InChI is InChI=1S/C19H26Cl2N2O/c1-14(24)22-18(2)9-3-4-10-19(18,23-11-5-6-12-23)15-7-8-16(20)17(21)13-15/h7-8,13H,3-6,9-12H2,1-2H3,(H,22,24). The van der Waals surface area contributed by atoms with E-state index in [-0.39, 0.29) is 17.0 Å². The Morgan fingerprint density at radius 3 is 2.38 bits per heavy atom. The van der Waals surface area contributed by atoms with Gasteiger partial charge >= 0.3 is 0 Å². The van der Waals surface area contributed by atoms with Crippen LogP contribution >= 0.6 is 23.2 Å². The van der Waals surface area contributed by atoms with Crippen LogP contribution in [0.3, 0.4) is 0 Å². The van der Waals surface area contributed by atoms with E-state index in [9.17, 15) is 4.79 Å². The number of nitrogens with one attached hydrogen (secondary N) is 1. The zero-order valence-corrected chi connectivity index (χ0v) is 16.0. The second-order valence-corrected chi connectivity index (χ2v) is 8.22. The van der Waals surface area contributed by atoms with E-state index < -0.39 is 0 Å². The first-order valence-electron chi connectivity index (χ1n) is 8.88. The fourth-order valence-corrected chi connectivity index (χ4v) is 5.20. The van der Waals surface area contributed by atoms with Crippen molar-refractivity contribution in [1.29, 1.82) is 0 Å². The van der Waals surface area contributed by atoms with Gasteiger partial charge in [-0.1, -0.05) is 42.1 Å². The summed E-state index contributed by atoms with van der Waals surface area (Å²) < 4.78 is 0. The summed E-state index contributed by atoms with van der Waals surface area (Å²) in [5.41, 5.74) is 0.648. The van der Waals surface area contributed by atoms with Gasteiger partial charge in [0.15, 0.2) is 0 Å². The summed E-state index contributed by atoms with van der Waals surface area (Å²) in [5, 5.41) is 4.47. The zero-order valence-electron chi connectivity index (χ0n) is 14.5. The van der Waals surface area contributed by atoms with Crippen molar-refractivity contribution >= 4 is 29.1 Å². The zero-order chi connectivity index (χ0) is 17.4. The van der Waals surface area contributed by atoms with E-state index in [0.717, 1.165) is 38.8 Å². The number of carbonyl (C=O) groups excluding carboxylic acids is 1. The molecule has 1 aliphatic carbocycles. The average molecular weight is 369 g/mol. The molecule has 0 radical (unpaired) electrons. The number of likely N-dealkylation sites (tertiary alicyclic amines) is 1.